The molecule has 1 aliphatic heterocycles. The van der Waals surface area contributed by atoms with Crippen molar-refractivity contribution in [3.05, 3.63) is 0 Å². The van der Waals surface area contributed by atoms with Crippen LogP contribution in [0.15, 0.2) is 0 Å². The van der Waals surface area contributed by atoms with Crippen molar-refractivity contribution in [1.82, 2.24) is 0 Å². The molecule has 7 heteroatoms. The molecule has 1 heterocycles. The molecule has 0 radical (unpaired) electrons. The molecule has 0 aromatic rings. The first kappa shape index (κ1) is 14.7. The first-order chi connectivity index (χ1) is 7.91. The minimum atomic E-state index is -4.43. The van der Waals surface area contributed by atoms with E-state index >= 15 is 0 Å². The molecule has 0 bridgehead atoms. The highest BCUT2D eigenvalue weighted by atomic mass is 32.1. The standard InChI is InChI=1S/C10H16F3NO2S/c11-10(12,13)8(9(14)17)6-16-5-7-1-3-15-4-2-7/h7-8H,1-6H2,(H2,14,17). The number of alkyl halides is 3. The summed E-state index contributed by atoms with van der Waals surface area (Å²) in [6.45, 7) is 1.10. The van der Waals surface area contributed by atoms with Crippen LogP contribution in [0.3, 0.4) is 0 Å². The van der Waals surface area contributed by atoms with Crippen LogP contribution in [0.1, 0.15) is 12.8 Å². The van der Waals surface area contributed by atoms with Crippen molar-refractivity contribution >= 4 is 17.2 Å². The molecule has 3 nitrogen and oxygen atoms in total. The Morgan fingerprint density at radius 2 is 2.00 bits per heavy atom. The number of thiocarbonyl (C=S) groups is 1. The number of rotatable bonds is 5. The summed E-state index contributed by atoms with van der Waals surface area (Å²) >= 11 is 4.39. The van der Waals surface area contributed by atoms with E-state index in [4.69, 9.17) is 15.2 Å². The minimum Gasteiger partial charge on any atom is -0.393 e. The Morgan fingerprint density at radius 3 is 2.47 bits per heavy atom. The van der Waals surface area contributed by atoms with Crippen LogP contribution in [-0.2, 0) is 9.47 Å². The lowest BCUT2D eigenvalue weighted by molar-refractivity contribution is -0.169. The molecule has 1 atom stereocenters. The quantitative estimate of drug-likeness (QED) is 0.776. The van der Waals surface area contributed by atoms with Gasteiger partial charge in [0.2, 0.25) is 0 Å². The zero-order chi connectivity index (χ0) is 12.9. The largest absolute Gasteiger partial charge is 0.400 e. The molecular weight excluding hydrogens is 255 g/mol. The van der Waals surface area contributed by atoms with Gasteiger partial charge in [0, 0.05) is 19.8 Å². The van der Waals surface area contributed by atoms with Gasteiger partial charge in [-0.25, -0.2) is 0 Å². The first-order valence-corrected chi connectivity index (χ1v) is 5.83. The lowest BCUT2D eigenvalue weighted by atomic mass is 10.0. The maximum absolute atomic E-state index is 12.5. The predicted molar refractivity (Wildman–Crippen MR) is 60.7 cm³/mol. The summed E-state index contributed by atoms with van der Waals surface area (Å²) in [5, 5.41) is 0. The topological polar surface area (TPSA) is 44.5 Å². The summed E-state index contributed by atoms with van der Waals surface area (Å²) in [6.07, 6.45) is -2.78. The van der Waals surface area contributed by atoms with Gasteiger partial charge in [-0.15, -0.1) is 0 Å². The molecular formula is C10H16F3NO2S. The molecule has 0 amide bonds. The van der Waals surface area contributed by atoms with Crippen molar-refractivity contribution in [2.24, 2.45) is 17.6 Å². The fourth-order valence-electron chi connectivity index (χ4n) is 1.60. The van der Waals surface area contributed by atoms with Gasteiger partial charge in [-0.2, -0.15) is 13.2 Å². The van der Waals surface area contributed by atoms with Gasteiger partial charge >= 0.3 is 6.18 Å². The highest BCUT2D eigenvalue weighted by Gasteiger charge is 2.41. The summed E-state index contributed by atoms with van der Waals surface area (Å²) < 4.78 is 47.6. The predicted octanol–water partition coefficient (Wildman–Crippen LogP) is 1.89. The van der Waals surface area contributed by atoms with E-state index in [0.29, 0.717) is 19.8 Å². The molecule has 0 spiro atoms. The van der Waals surface area contributed by atoms with Crippen molar-refractivity contribution < 1.29 is 22.6 Å². The van der Waals surface area contributed by atoms with Gasteiger partial charge in [-0.1, -0.05) is 12.2 Å². The van der Waals surface area contributed by atoms with Gasteiger partial charge in [0.1, 0.15) is 5.92 Å². The van der Waals surface area contributed by atoms with Gasteiger partial charge in [0.15, 0.2) is 0 Å². The van der Waals surface area contributed by atoms with Crippen molar-refractivity contribution in [3.63, 3.8) is 0 Å². The Labute approximate surface area is 103 Å². The second kappa shape index (κ2) is 6.51. The van der Waals surface area contributed by atoms with E-state index in [-0.39, 0.29) is 5.92 Å². The normalized spacial score (nSPS) is 20.2. The van der Waals surface area contributed by atoms with Crippen LogP contribution >= 0.6 is 12.2 Å². The summed E-state index contributed by atoms with van der Waals surface area (Å²) in [5.74, 6) is -1.58. The smallest absolute Gasteiger partial charge is 0.393 e. The number of hydrogen-bond acceptors (Lipinski definition) is 3. The van der Waals surface area contributed by atoms with E-state index in [1.807, 2.05) is 0 Å². The van der Waals surface area contributed by atoms with Gasteiger partial charge < -0.3 is 15.2 Å². The fourth-order valence-corrected chi connectivity index (χ4v) is 1.81. The monoisotopic (exact) mass is 271 g/mol. The van der Waals surface area contributed by atoms with Crippen LogP contribution in [0, 0.1) is 11.8 Å². The number of halogens is 3. The SMILES string of the molecule is NC(=S)C(COCC1CCOCC1)C(F)(F)F. The van der Waals surface area contributed by atoms with Crippen LogP contribution in [-0.4, -0.2) is 37.6 Å². The summed E-state index contributed by atoms with van der Waals surface area (Å²) in [5.41, 5.74) is 5.05. The van der Waals surface area contributed by atoms with Crippen LogP contribution < -0.4 is 5.73 Å². The Balaban J connectivity index is 2.29. The second-order valence-electron chi connectivity index (χ2n) is 4.09. The van der Waals surface area contributed by atoms with Gasteiger partial charge in [-0.05, 0) is 18.8 Å². The Hall–Kier alpha value is -0.400. The van der Waals surface area contributed by atoms with Crippen LogP contribution in [0.5, 0.6) is 0 Å². The average molecular weight is 271 g/mol. The highest BCUT2D eigenvalue weighted by Crippen LogP contribution is 2.27. The van der Waals surface area contributed by atoms with E-state index in [2.05, 4.69) is 12.2 Å². The van der Waals surface area contributed by atoms with E-state index in [1.54, 1.807) is 0 Å². The summed E-state index contributed by atoms with van der Waals surface area (Å²) in [7, 11) is 0. The number of hydrogen-bond donors (Lipinski definition) is 1. The number of ether oxygens (including phenoxy) is 2. The van der Waals surface area contributed by atoms with Gasteiger partial charge in [0.05, 0.1) is 11.6 Å². The zero-order valence-electron chi connectivity index (χ0n) is 9.33. The average Bonchev–Trinajstić information content (AvgIpc) is 2.23. The molecule has 1 rings (SSSR count). The third-order valence-electron chi connectivity index (χ3n) is 2.72. The van der Waals surface area contributed by atoms with Crippen molar-refractivity contribution in [3.8, 4) is 0 Å². The van der Waals surface area contributed by atoms with Crippen molar-refractivity contribution in [2.45, 2.75) is 19.0 Å². The van der Waals surface area contributed by atoms with Crippen molar-refractivity contribution in [1.29, 1.82) is 0 Å². The van der Waals surface area contributed by atoms with E-state index < -0.39 is 23.7 Å². The lowest BCUT2D eigenvalue weighted by Gasteiger charge is -2.24. The minimum absolute atomic E-state index is 0.268. The molecule has 100 valence electrons. The molecule has 17 heavy (non-hydrogen) atoms. The van der Waals surface area contributed by atoms with E-state index in [1.165, 1.54) is 0 Å². The summed E-state index contributed by atoms with van der Waals surface area (Å²) in [6, 6.07) is 0. The molecule has 0 saturated carbocycles. The van der Waals surface area contributed by atoms with Gasteiger partial charge in [-0.3, -0.25) is 0 Å². The molecule has 0 aromatic carbocycles. The highest BCUT2D eigenvalue weighted by molar-refractivity contribution is 7.80. The molecule has 1 aliphatic rings. The Bertz CT molecular complexity index is 254. The van der Waals surface area contributed by atoms with E-state index in [9.17, 15) is 13.2 Å². The third kappa shape index (κ3) is 5.18. The zero-order valence-corrected chi connectivity index (χ0v) is 10.1. The van der Waals surface area contributed by atoms with Crippen LogP contribution in [0.4, 0.5) is 13.2 Å². The third-order valence-corrected chi connectivity index (χ3v) is 3.00. The summed E-state index contributed by atoms with van der Waals surface area (Å²) in [4.78, 5) is -0.565. The van der Waals surface area contributed by atoms with Gasteiger partial charge in [0.25, 0.3) is 0 Å². The van der Waals surface area contributed by atoms with Crippen LogP contribution in [0.2, 0.25) is 0 Å². The molecule has 1 saturated heterocycles. The van der Waals surface area contributed by atoms with Crippen molar-refractivity contribution in [2.75, 3.05) is 26.4 Å². The van der Waals surface area contributed by atoms with Crippen LogP contribution in [0.25, 0.3) is 0 Å². The Morgan fingerprint density at radius 1 is 1.41 bits per heavy atom. The molecule has 0 aliphatic carbocycles. The molecule has 1 unspecified atom stereocenters. The molecule has 1 fully saturated rings. The second-order valence-corrected chi connectivity index (χ2v) is 4.56. The fraction of sp³-hybridized carbons (Fsp3) is 0.900. The molecule has 2 N–H and O–H groups in total. The molecule has 0 aromatic heterocycles. The lowest BCUT2D eigenvalue weighted by Crippen LogP contribution is -2.38. The maximum Gasteiger partial charge on any atom is 0.400 e. The number of nitrogens with two attached hydrogens (primary N) is 1. The van der Waals surface area contributed by atoms with E-state index in [0.717, 1.165) is 12.8 Å². The first-order valence-electron chi connectivity index (χ1n) is 5.42. The Kier molecular flexibility index (Phi) is 5.61. The maximum atomic E-state index is 12.5.